The van der Waals surface area contributed by atoms with Gasteiger partial charge in [-0.1, -0.05) is 32.0 Å². The molecule has 0 spiro atoms. The van der Waals surface area contributed by atoms with Gasteiger partial charge in [0.2, 0.25) is 0 Å². The summed E-state index contributed by atoms with van der Waals surface area (Å²) >= 11 is 0. The molecule has 112 valence electrons. The zero-order chi connectivity index (χ0) is 14.7. The molecule has 1 saturated heterocycles. The van der Waals surface area contributed by atoms with Crippen LogP contribution in [0.4, 0.5) is 4.39 Å². The highest BCUT2D eigenvalue weighted by Gasteiger charge is 2.38. The highest BCUT2D eigenvalue weighted by atomic mass is 19.1. The minimum Gasteiger partial charge on any atom is -0.395 e. The summed E-state index contributed by atoms with van der Waals surface area (Å²) in [6.45, 7) is 5.12. The van der Waals surface area contributed by atoms with Gasteiger partial charge in [-0.15, -0.1) is 0 Å². The number of rotatable bonds is 5. The first-order valence-electron chi connectivity index (χ1n) is 7.46. The van der Waals surface area contributed by atoms with E-state index in [1.165, 1.54) is 6.07 Å². The Kier molecular flexibility index (Phi) is 5.13. The molecule has 0 saturated carbocycles. The zero-order valence-corrected chi connectivity index (χ0v) is 12.3. The van der Waals surface area contributed by atoms with E-state index in [0.717, 1.165) is 19.4 Å². The van der Waals surface area contributed by atoms with Gasteiger partial charge in [-0.05, 0) is 31.4 Å². The molecule has 3 N–H and O–H groups in total. The molecule has 1 heterocycles. The van der Waals surface area contributed by atoms with Gasteiger partial charge < -0.3 is 10.8 Å². The van der Waals surface area contributed by atoms with Crippen molar-refractivity contribution < 1.29 is 9.50 Å². The Hall–Kier alpha value is -0.970. The zero-order valence-electron chi connectivity index (χ0n) is 12.3. The van der Waals surface area contributed by atoms with Crippen LogP contribution in [-0.4, -0.2) is 35.2 Å². The summed E-state index contributed by atoms with van der Waals surface area (Å²) in [5.74, 6) is 0.205. The van der Waals surface area contributed by atoms with Crippen LogP contribution in [0.3, 0.4) is 0 Å². The predicted molar refractivity (Wildman–Crippen MR) is 78.8 cm³/mol. The summed E-state index contributed by atoms with van der Waals surface area (Å²) in [7, 11) is 0. The molecule has 4 atom stereocenters. The molecule has 0 bridgehead atoms. The van der Waals surface area contributed by atoms with E-state index >= 15 is 0 Å². The summed E-state index contributed by atoms with van der Waals surface area (Å²) in [5.41, 5.74) is 6.92. The average Bonchev–Trinajstić information content (AvgIpc) is 2.82. The third kappa shape index (κ3) is 2.87. The summed E-state index contributed by atoms with van der Waals surface area (Å²) in [6, 6.07) is 6.61. The van der Waals surface area contributed by atoms with Crippen LogP contribution in [0.25, 0.3) is 0 Å². The highest BCUT2D eigenvalue weighted by molar-refractivity contribution is 5.23. The van der Waals surface area contributed by atoms with Crippen molar-refractivity contribution in [1.29, 1.82) is 0 Å². The maximum atomic E-state index is 14.2. The molecule has 20 heavy (non-hydrogen) atoms. The van der Waals surface area contributed by atoms with Crippen LogP contribution in [0, 0.1) is 11.7 Å². The molecule has 1 aliphatic rings. The molecular formula is C16H25FN2O. The van der Waals surface area contributed by atoms with E-state index in [-0.39, 0.29) is 30.5 Å². The van der Waals surface area contributed by atoms with Gasteiger partial charge in [0.25, 0.3) is 0 Å². The monoisotopic (exact) mass is 280 g/mol. The Bertz CT molecular complexity index is 440. The molecular weight excluding hydrogens is 255 g/mol. The number of likely N-dealkylation sites (tertiary alicyclic amines) is 1. The van der Waals surface area contributed by atoms with Crippen LogP contribution in [0.2, 0.25) is 0 Å². The lowest BCUT2D eigenvalue weighted by Gasteiger charge is -2.37. The molecule has 0 amide bonds. The van der Waals surface area contributed by atoms with E-state index in [0.29, 0.717) is 11.5 Å². The second-order valence-corrected chi connectivity index (χ2v) is 5.79. The Morgan fingerprint density at radius 3 is 2.75 bits per heavy atom. The van der Waals surface area contributed by atoms with Crippen molar-refractivity contribution in [2.45, 2.75) is 44.8 Å². The van der Waals surface area contributed by atoms with Crippen molar-refractivity contribution in [3.8, 4) is 0 Å². The van der Waals surface area contributed by atoms with E-state index in [2.05, 4.69) is 11.8 Å². The first-order valence-corrected chi connectivity index (χ1v) is 7.46. The third-order valence-electron chi connectivity index (χ3n) is 4.57. The van der Waals surface area contributed by atoms with Crippen LogP contribution >= 0.6 is 0 Å². The van der Waals surface area contributed by atoms with Crippen LogP contribution in [0.15, 0.2) is 24.3 Å². The molecule has 2 rings (SSSR count). The van der Waals surface area contributed by atoms with Gasteiger partial charge in [0.05, 0.1) is 12.6 Å². The van der Waals surface area contributed by atoms with Crippen LogP contribution in [0.1, 0.15) is 38.3 Å². The van der Waals surface area contributed by atoms with E-state index in [1.807, 2.05) is 19.1 Å². The first kappa shape index (κ1) is 15.4. The molecule has 1 aromatic rings. The fourth-order valence-corrected chi connectivity index (χ4v) is 3.26. The van der Waals surface area contributed by atoms with Crippen LogP contribution < -0.4 is 5.73 Å². The van der Waals surface area contributed by atoms with Crippen LogP contribution in [0.5, 0.6) is 0 Å². The average molecular weight is 280 g/mol. The summed E-state index contributed by atoms with van der Waals surface area (Å²) in [4.78, 5) is 2.19. The van der Waals surface area contributed by atoms with Crippen LogP contribution in [-0.2, 0) is 0 Å². The molecule has 0 aliphatic carbocycles. The van der Waals surface area contributed by atoms with Gasteiger partial charge in [0, 0.05) is 17.6 Å². The van der Waals surface area contributed by atoms with E-state index < -0.39 is 0 Å². The van der Waals surface area contributed by atoms with E-state index in [1.54, 1.807) is 6.07 Å². The van der Waals surface area contributed by atoms with Gasteiger partial charge in [-0.3, -0.25) is 4.90 Å². The second kappa shape index (κ2) is 6.66. The summed E-state index contributed by atoms with van der Waals surface area (Å²) in [5, 5.41) is 9.65. The first-order chi connectivity index (χ1) is 9.60. The van der Waals surface area contributed by atoms with Crippen molar-refractivity contribution in [2.24, 2.45) is 11.7 Å². The van der Waals surface area contributed by atoms with E-state index in [4.69, 9.17) is 5.73 Å². The van der Waals surface area contributed by atoms with Gasteiger partial charge in [-0.2, -0.15) is 0 Å². The second-order valence-electron chi connectivity index (χ2n) is 5.79. The summed E-state index contributed by atoms with van der Waals surface area (Å²) < 4.78 is 14.2. The number of nitrogens with zero attached hydrogens (tertiary/aromatic N) is 1. The minimum absolute atomic E-state index is 0.0669. The number of hydrogen-bond acceptors (Lipinski definition) is 3. The molecule has 1 aliphatic heterocycles. The van der Waals surface area contributed by atoms with Gasteiger partial charge in [-0.25, -0.2) is 4.39 Å². The topological polar surface area (TPSA) is 49.5 Å². The fourth-order valence-electron chi connectivity index (χ4n) is 3.26. The molecule has 3 nitrogen and oxygen atoms in total. The third-order valence-corrected chi connectivity index (χ3v) is 4.57. The molecule has 0 aromatic heterocycles. The van der Waals surface area contributed by atoms with Gasteiger partial charge in [0.1, 0.15) is 5.82 Å². The maximum Gasteiger partial charge on any atom is 0.128 e. The van der Waals surface area contributed by atoms with Crippen molar-refractivity contribution in [3.63, 3.8) is 0 Å². The van der Waals surface area contributed by atoms with Gasteiger partial charge in [0.15, 0.2) is 0 Å². The Morgan fingerprint density at radius 1 is 1.45 bits per heavy atom. The minimum atomic E-state index is -0.211. The number of aliphatic hydroxyl groups excluding tert-OH is 1. The van der Waals surface area contributed by atoms with E-state index in [9.17, 15) is 9.50 Å². The van der Waals surface area contributed by atoms with Crippen molar-refractivity contribution >= 4 is 0 Å². The van der Waals surface area contributed by atoms with Gasteiger partial charge >= 0.3 is 0 Å². The SMILES string of the molecule is CCC(N)C(c1ccccc1F)N1CCC(C)C1CO. The summed E-state index contributed by atoms with van der Waals surface area (Å²) in [6.07, 6.45) is 1.80. The Morgan fingerprint density at radius 2 is 2.15 bits per heavy atom. The lowest BCUT2D eigenvalue weighted by atomic mass is 9.94. The number of benzene rings is 1. The van der Waals surface area contributed by atoms with Crippen molar-refractivity contribution in [2.75, 3.05) is 13.2 Å². The lowest BCUT2D eigenvalue weighted by Crippen LogP contribution is -2.46. The predicted octanol–water partition coefficient (Wildman–Crippen LogP) is 2.31. The smallest absolute Gasteiger partial charge is 0.128 e. The van der Waals surface area contributed by atoms with Crippen molar-refractivity contribution in [3.05, 3.63) is 35.6 Å². The Balaban J connectivity index is 2.36. The molecule has 1 aromatic carbocycles. The largest absolute Gasteiger partial charge is 0.395 e. The number of aliphatic hydroxyl groups is 1. The highest BCUT2D eigenvalue weighted by Crippen LogP contribution is 2.35. The lowest BCUT2D eigenvalue weighted by molar-refractivity contribution is 0.0877. The standard InChI is InChI=1S/C16H25FN2O/c1-3-14(18)16(12-6-4-5-7-13(12)17)19-9-8-11(2)15(19)10-20/h4-7,11,14-16,20H,3,8-10,18H2,1-2H3. The molecule has 0 radical (unpaired) electrons. The molecule has 4 unspecified atom stereocenters. The normalized spacial score (nSPS) is 26.6. The quantitative estimate of drug-likeness (QED) is 0.870. The maximum absolute atomic E-state index is 14.2. The molecule has 1 fully saturated rings. The number of hydrogen-bond donors (Lipinski definition) is 2. The number of nitrogens with two attached hydrogens (primary N) is 1. The molecule has 4 heteroatoms. The fraction of sp³-hybridized carbons (Fsp3) is 0.625. The number of halogens is 1. The Labute approximate surface area is 120 Å². The van der Waals surface area contributed by atoms with Crippen molar-refractivity contribution in [1.82, 2.24) is 4.90 Å².